The van der Waals surface area contributed by atoms with E-state index >= 15 is 0 Å². The van der Waals surface area contributed by atoms with Gasteiger partial charge in [-0.3, -0.25) is 0 Å². The minimum atomic E-state index is 0. The summed E-state index contributed by atoms with van der Waals surface area (Å²) in [6.45, 7) is 12.7. The molecule has 0 bridgehead atoms. The lowest BCUT2D eigenvalue weighted by molar-refractivity contribution is 0.321. The fourth-order valence-corrected chi connectivity index (χ4v) is 0.750. The van der Waals surface area contributed by atoms with Gasteiger partial charge in [-0.05, 0) is 26.6 Å². The fraction of sp³-hybridized carbons (Fsp3) is 0.889. The Bertz CT molecular complexity index is 113. The summed E-state index contributed by atoms with van der Waals surface area (Å²) < 4.78 is 0. The maximum Gasteiger partial charge on any atom is 0.0861 e. The van der Waals surface area contributed by atoms with Crippen molar-refractivity contribution in [2.24, 2.45) is 4.99 Å². The second kappa shape index (κ2) is 17.6. The van der Waals surface area contributed by atoms with Gasteiger partial charge < -0.3 is 4.90 Å². The van der Waals surface area contributed by atoms with Crippen molar-refractivity contribution in [2.75, 3.05) is 26.2 Å². The van der Waals surface area contributed by atoms with Crippen molar-refractivity contribution in [2.45, 2.75) is 27.7 Å². The average molecular weight is 208 g/mol. The molecule has 0 unspecified atom stereocenters. The van der Waals surface area contributed by atoms with E-state index in [2.05, 4.69) is 30.7 Å². The molecule has 0 atom stereocenters. The molecule has 13 heavy (non-hydrogen) atoms. The second-order valence-corrected chi connectivity index (χ2v) is 2.21. The largest absolute Gasteiger partial charge is 0.304 e. The van der Waals surface area contributed by atoms with Crippen LogP contribution in [0.4, 0.5) is 0 Å². The molecule has 0 saturated heterocycles. The van der Waals surface area contributed by atoms with Gasteiger partial charge in [0.15, 0.2) is 0 Å². The van der Waals surface area contributed by atoms with Crippen LogP contribution in [-0.2, 0) is 0 Å². The molecule has 3 nitrogen and oxygen atoms in total. The number of halogens is 1. The molecule has 0 aliphatic carbocycles. The molecule has 0 fully saturated rings. The number of hydrogen-bond acceptors (Lipinski definition) is 3. The molecule has 4 heteroatoms. The van der Waals surface area contributed by atoms with Gasteiger partial charge in [0.1, 0.15) is 0 Å². The van der Waals surface area contributed by atoms with Crippen molar-refractivity contribution in [3.63, 3.8) is 0 Å². The summed E-state index contributed by atoms with van der Waals surface area (Å²) in [5.41, 5.74) is 0. The summed E-state index contributed by atoms with van der Waals surface area (Å²) in [4.78, 5) is 5.76. The summed E-state index contributed by atoms with van der Waals surface area (Å²) in [5, 5.41) is 6.19. The molecule has 0 aromatic heterocycles. The summed E-state index contributed by atoms with van der Waals surface area (Å²) in [6, 6.07) is 1.89. The van der Waals surface area contributed by atoms with E-state index in [-0.39, 0.29) is 12.4 Å². The lowest BCUT2D eigenvalue weighted by Crippen LogP contribution is -2.21. The van der Waals surface area contributed by atoms with Crippen LogP contribution < -0.4 is 0 Å². The molecule has 0 aliphatic rings. The molecule has 0 saturated carbocycles. The molecule has 0 aliphatic heterocycles. The first kappa shape index (κ1) is 18.4. The zero-order valence-electron chi connectivity index (χ0n) is 9.13. The second-order valence-electron chi connectivity index (χ2n) is 2.21. The Morgan fingerprint density at radius 1 is 1.08 bits per heavy atom. The fourth-order valence-electron chi connectivity index (χ4n) is 0.750. The lowest BCUT2D eigenvalue weighted by Gasteiger charge is -2.13. The Morgan fingerprint density at radius 3 is 1.46 bits per heavy atom. The van der Waals surface area contributed by atoms with Crippen LogP contribution in [0.1, 0.15) is 27.7 Å². The first-order valence-electron chi connectivity index (χ1n) is 4.57. The quantitative estimate of drug-likeness (QED) is 0.708. The molecule has 0 heterocycles. The molecule has 0 radical (unpaired) electrons. The Kier molecular flexibility index (Phi) is 25.0. The molecule has 1 N–H and O–H groups in total. The first-order chi connectivity index (χ1) is 5.76. The molecule has 0 amide bonds. The molecule has 80 valence electrons. The maximum absolute atomic E-state index is 6.19. The molecule has 0 spiro atoms. The van der Waals surface area contributed by atoms with Gasteiger partial charge in [-0.25, -0.2) is 10.4 Å². The van der Waals surface area contributed by atoms with E-state index in [1.54, 1.807) is 0 Å². The van der Waals surface area contributed by atoms with Crippen molar-refractivity contribution in [1.82, 2.24) is 4.90 Å². The van der Waals surface area contributed by atoms with Crippen LogP contribution >= 0.6 is 12.4 Å². The number of rotatable bonds is 4. The highest BCUT2D eigenvalue weighted by atomic mass is 35.5. The Balaban J connectivity index is -0.000000150. The molecule has 0 aromatic carbocycles. The van der Waals surface area contributed by atoms with Gasteiger partial charge in [0.2, 0.25) is 0 Å². The van der Waals surface area contributed by atoms with Crippen LogP contribution in [0.5, 0.6) is 0 Å². The molecular formula is C9H22ClN3. The monoisotopic (exact) mass is 207 g/mol. The van der Waals surface area contributed by atoms with Gasteiger partial charge in [-0.2, -0.15) is 0 Å². The third-order valence-electron chi connectivity index (χ3n) is 1.58. The highest BCUT2D eigenvalue weighted by Crippen LogP contribution is 1.81. The van der Waals surface area contributed by atoms with E-state index < -0.39 is 0 Å². The summed E-state index contributed by atoms with van der Waals surface area (Å²) in [5.74, 6) is 0. The third-order valence-corrected chi connectivity index (χ3v) is 1.58. The lowest BCUT2D eigenvalue weighted by atomic mass is 10.5. The van der Waals surface area contributed by atoms with E-state index in [4.69, 9.17) is 5.41 Å². The normalized spacial score (nSPS) is 7.77. The van der Waals surface area contributed by atoms with Gasteiger partial charge in [-0.15, -0.1) is 12.4 Å². The van der Waals surface area contributed by atoms with Crippen LogP contribution in [-0.4, -0.2) is 37.1 Å². The predicted octanol–water partition coefficient (Wildman–Crippen LogP) is 2.53. The number of aliphatic imine (C=N–C) groups is 1. The Morgan fingerprint density at radius 2 is 1.46 bits per heavy atom. The molecule has 0 aromatic rings. The van der Waals surface area contributed by atoms with E-state index in [1.807, 2.05) is 12.9 Å². The standard InChI is InChI=1S/C6H15N.C3H6N2.ClH/c1-4-7(5-2)6-3;1-2-5-3-4;/h4-6H2,1-3H3;4H,2H2,1H3;1H. The van der Waals surface area contributed by atoms with Crippen molar-refractivity contribution in [3.05, 3.63) is 0 Å². The van der Waals surface area contributed by atoms with Gasteiger partial charge >= 0.3 is 0 Å². The van der Waals surface area contributed by atoms with Crippen LogP contribution in [0.2, 0.25) is 0 Å². The maximum atomic E-state index is 6.19. The third kappa shape index (κ3) is 18.5. The van der Waals surface area contributed by atoms with Gasteiger partial charge in [0.25, 0.3) is 0 Å². The number of nitrogens with one attached hydrogen (secondary N) is 1. The Hall–Kier alpha value is -0.370. The van der Waals surface area contributed by atoms with Crippen molar-refractivity contribution >= 4 is 18.4 Å². The Labute approximate surface area is 88.2 Å². The van der Waals surface area contributed by atoms with Crippen LogP contribution in [0.3, 0.4) is 0 Å². The number of hydrogen-bond donors (Lipinski definition) is 1. The van der Waals surface area contributed by atoms with Gasteiger partial charge in [0, 0.05) is 6.54 Å². The van der Waals surface area contributed by atoms with Gasteiger partial charge in [-0.1, -0.05) is 20.8 Å². The molecule has 0 rings (SSSR count). The van der Waals surface area contributed by atoms with Crippen LogP contribution in [0, 0.1) is 5.41 Å². The first-order valence-corrected chi connectivity index (χ1v) is 4.57. The predicted molar refractivity (Wildman–Crippen MR) is 61.4 cm³/mol. The average Bonchev–Trinajstić information content (AvgIpc) is 2.10. The van der Waals surface area contributed by atoms with Crippen molar-refractivity contribution < 1.29 is 0 Å². The smallest absolute Gasteiger partial charge is 0.0861 e. The minimum absolute atomic E-state index is 0. The SMILES string of the molecule is CCN(CC)CC.CCN=C=N.Cl. The topological polar surface area (TPSA) is 39.5 Å². The summed E-state index contributed by atoms with van der Waals surface area (Å²) >= 11 is 0. The summed E-state index contributed by atoms with van der Waals surface area (Å²) in [7, 11) is 0. The van der Waals surface area contributed by atoms with E-state index in [0.29, 0.717) is 6.54 Å². The van der Waals surface area contributed by atoms with E-state index in [0.717, 1.165) is 0 Å². The highest BCUT2D eigenvalue weighted by Gasteiger charge is 1.89. The minimum Gasteiger partial charge on any atom is -0.304 e. The van der Waals surface area contributed by atoms with Crippen molar-refractivity contribution in [3.8, 4) is 0 Å². The zero-order valence-corrected chi connectivity index (χ0v) is 9.95. The van der Waals surface area contributed by atoms with Crippen LogP contribution in [0.15, 0.2) is 4.99 Å². The van der Waals surface area contributed by atoms with E-state index in [1.165, 1.54) is 19.6 Å². The zero-order chi connectivity index (χ0) is 9.82. The number of nitrogens with zero attached hydrogens (tertiary/aromatic N) is 2. The molecular weight excluding hydrogens is 186 g/mol. The summed E-state index contributed by atoms with van der Waals surface area (Å²) in [6.07, 6.45) is 0. The van der Waals surface area contributed by atoms with Gasteiger partial charge in [0.05, 0.1) is 6.01 Å². The highest BCUT2D eigenvalue weighted by molar-refractivity contribution is 5.85. The van der Waals surface area contributed by atoms with Crippen molar-refractivity contribution in [1.29, 1.82) is 5.41 Å². The van der Waals surface area contributed by atoms with E-state index in [9.17, 15) is 0 Å². The van der Waals surface area contributed by atoms with Crippen LogP contribution in [0.25, 0.3) is 0 Å².